The van der Waals surface area contributed by atoms with E-state index >= 15 is 0 Å². The highest BCUT2D eigenvalue weighted by molar-refractivity contribution is 9.10. The van der Waals surface area contributed by atoms with Crippen LogP contribution in [-0.4, -0.2) is 59.7 Å². The van der Waals surface area contributed by atoms with Gasteiger partial charge >= 0.3 is 6.09 Å². The molecule has 0 radical (unpaired) electrons. The summed E-state index contributed by atoms with van der Waals surface area (Å²) >= 11 is 3.55. The SMILES string of the molecule is CCCN(C(=O)OC(C)(C)C)c1[nH]ccc1C(=O)c1cnc(N2CCc3cc(Br)ccc32)nc1OCc1cc(OC)ccc1OC. The molecule has 2 aromatic carbocycles. The quantitative estimate of drug-likeness (QED) is 0.162. The molecule has 0 bridgehead atoms. The van der Waals surface area contributed by atoms with Gasteiger partial charge in [0.15, 0.2) is 0 Å². The molecule has 46 heavy (non-hydrogen) atoms. The van der Waals surface area contributed by atoms with Gasteiger partial charge in [-0.2, -0.15) is 4.98 Å². The average Bonchev–Trinajstić information content (AvgIpc) is 3.68. The van der Waals surface area contributed by atoms with Crippen molar-refractivity contribution >= 4 is 45.3 Å². The number of rotatable bonds is 11. The van der Waals surface area contributed by atoms with Gasteiger partial charge < -0.3 is 28.8 Å². The van der Waals surface area contributed by atoms with Gasteiger partial charge in [0.2, 0.25) is 17.6 Å². The minimum Gasteiger partial charge on any atom is -0.497 e. The Bertz CT molecular complexity index is 1730. The van der Waals surface area contributed by atoms with Crippen LogP contribution in [0.15, 0.2) is 59.3 Å². The second-order valence-corrected chi connectivity index (χ2v) is 12.6. The van der Waals surface area contributed by atoms with Crippen LogP contribution >= 0.6 is 15.9 Å². The van der Waals surface area contributed by atoms with E-state index in [-0.39, 0.29) is 23.6 Å². The third kappa shape index (κ3) is 7.12. The normalized spacial score (nSPS) is 12.5. The number of carbonyl (C=O) groups excluding carboxylic acids is 2. The molecule has 5 rings (SSSR count). The predicted octanol–water partition coefficient (Wildman–Crippen LogP) is 7.24. The van der Waals surface area contributed by atoms with Crippen molar-refractivity contribution < 1.29 is 28.5 Å². The third-order valence-electron chi connectivity index (χ3n) is 7.32. The van der Waals surface area contributed by atoms with E-state index in [0.29, 0.717) is 48.3 Å². The first-order valence-corrected chi connectivity index (χ1v) is 15.8. The summed E-state index contributed by atoms with van der Waals surface area (Å²) in [6, 6.07) is 13.1. The number of benzene rings is 2. The number of aromatic nitrogens is 3. The van der Waals surface area contributed by atoms with Gasteiger partial charge in [-0.1, -0.05) is 22.9 Å². The molecule has 1 N–H and O–H groups in total. The van der Waals surface area contributed by atoms with Gasteiger partial charge in [0.1, 0.15) is 35.1 Å². The molecule has 3 heterocycles. The van der Waals surface area contributed by atoms with Gasteiger partial charge in [0, 0.05) is 41.2 Å². The Kier molecular flexibility index (Phi) is 9.85. The Morgan fingerprint density at radius 1 is 1.07 bits per heavy atom. The van der Waals surface area contributed by atoms with E-state index < -0.39 is 17.5 Å². The molecule has 0 aliphatic carbocycles. The van der Waals surface area contributed by atoms with Gasteiger partial charge in [-0.05, 0) is 81.6 Å². The van der Waals surface area contributed by atoms with Crippen LogP contribution in [0, 0.1) is 0 Å². The number of nitrogens with one attached hydrogen (secondary N) is 1. The lowest BCUT2D eigenvalue weighted by Crippen LogP contribution is -2.38. The molecule has 0 unspecified atom stereocenters. The molecule has 0 atom stereocenters. The topological polar surface area (TPSA) is 119 Å². The molecule has 2 aromatic heterocycles. The van der Waals surface area contributed by atoms with Crippen molar-refractivity contribution in [2.45, 2.75) is 52.7 Å². The lowest BCUT2D eigenvalue weighted by Gasteiger charge is -2.27. The lowest BCUT2D eigenvalue weighted by molar-refractivity contribution is 0.0579. The number of methoxy groups -OCH3 is 2. The smallest absolute Gasteiger partial charge is 0.415 e. The van der Waals surface area contributed by atoms with Crippen molar-refractivity contribution in [2.75, 3.05) is 37.1 Å². The molecule has 1 aliphatic heterocycles. The molecule has 0 fully saturated rings. The molecule has 1 aliphatic rings. The summed E-state index contributed by atoms with van der Waals surface area (Å²) in [5.74, 6) is 1.64. The van der Waals surface area contributed by atoms with Gasteiger partial charge in [-0.3, -0.25) is 9.69 Å². The van der Waals surface area contributed by atoms with Crippen LogP contribution in [0.4, 0.5) is 22.2 Å². The molecule has 0 saturated heterocycles. The van der Waals surface area contributed by atoms with Gasteiger partial charge in [-0.25, -0.2) is 9.78 Å². The van der Waals surface area contributed by atoms with E-state index in [1.807, 2.05) is 30.0 Å². The van der Waals surface area contributed by atoms with Gasteiger partial charge in [-0.15, -0.1) is 0 Å². The van der Waals surface area contributed by atoms with Crippen LogP contribution in [0.5, 0.6) is 17.4 Å². The number of nitrogens with zero attached hydrogens (tertiary/aromatic N) is 4. The van der Waals surface area contributed by atoms with Crippen molar-refractivity contribution in [3.63, 3.8) is 0 Å². The maximum Gasteiger partial charge on any atom is 0.415 e. The number of carbonyl (C=O) groups is 2. The van der Waals surface area contributed by atoms with Crippen molar-refractivity contribution in [2.24, 2.45) is 0 Å². The summed E-state index contributed by atoms with van der Waals surface area (Å²) in [6.07, 6.45) is 4.01. The molecule has 12 heteroatoms. The second kappa shape index (κ2) is 13.8. The summed E-state index contributed by atoms with van der Waals surface area (Å²) < 4.78 is 23.9. The van der Waals surface area contributed by atoms with Crippen molar-refractivity contribution in [1.82, 2.24) is 15.0 Å². The lowest BCUT2D eigenvalue weighted by atomic mass is 10.1. The number of H-pyrrole nitrogens is 1. The molecular weight excluding hydrogens is 654 g/mol. The summed E-state index contributed by atoms with van der Waals surface area (Å²) in [6.45, 7) is 8.40. The highest BCUT2D eigenvalue weighted by Gasteiger charge is 2.30. The summed E-state index contributed by atoms with van der Waals surface area (Å²) in [4.78, 5) is 43.4. The zero-order valence-electron chi connectivity index (χ0n) is 26.8. The van der Waals surface area contributed by atoms with E-state index in [4.69, 9.17) is 23.9 Å². The molecule has 0 saturated carbocycles. The summed E-state index contributed by atoms with van der Waals surface area (Å²) in [5.41, 5.74) is 2.55. The van der Waals surface area contributed by atoms with Gasteiger partial charge in [0.05, 0.1) is 19.8 Å². The molecule has 242 valence electrons. The first kappa shape index (κ1) is 32.8. The first-order valence-electron chi connectivity index (χ1n) is 15.0. The van der Waals surface area contributed by atoms with E-state index in [9.17, 15) is 9.59 Å². The number of fused-ring (bicyclic) bond motifs is 1. The predicted molar refractivity (Wildman–Crippen MR) is 179 cm³/mol. The molecule has 0 spiro atoms. The monoisotopic (exact) mass is 691 g/mol. The fraction of sp³-hybridized carbons (Fsp3) is 0.353. The Hall–Kier alpha value is -4.58. The zero-order valence-corrected chi connectivity index (χ0v) is 28.4. The highest BCUT2D eigenvalue weighted by Crippen LogP contribution is 2.36. The minimum atomic E-state index is -0.712. The van der Waals surface area contributed by atoms with Crippen LogP contribution in [0.2, 0.25) is 0 Å². The van der Waals surface area contributed by atoms with E-state index in [2.05, 4.69) is 32.0 Å². The van der Waals surface area contributed by atoms with Crippen LogP contribution < -0.4 is 24.0 Å². The van der Waals surface area contributed by atoms with E-state index in [1.165, 1.54) is 11.1 Å². The minimum absolute atomic E-state index is 0.0422. The average molecular weight is 693 g/mol. The third-order valence-corrected chi connectivity index (χ3v) is 7.81. The number of ketones is 1. The standard InChI is InChI=1S/C34H38BrN5O6/c1-7-15-40(33(42)46-34(2,3)4)30-25(12-14-36-30)29(41)26-19-37-32(39-16-13-21-17-23(35)8-10-27(21)39)38-31(26)45-20-22-18-24(43-5)9-11-28(22)44-6/h8-12,14,17-19,36H,7,13,15-16,20H2,1-6H3. The fourth-order valence-electron chi connectivity index (χ4n) is 5.22. The highest BCUT2D eigenvalue weighted by atomic mass is 79.9. The first-order chi connectivity index (χ1) is 22.0. The van der Waals surface area contributed by atoms with Crippen LogP contribution in [0.3, 0.4) is 0 Å². The van der Waals surface area contributed by atoms with Crippen molar-refractivity contribution in [1.29, 1.82) is 0 Å². The summed E-state index contributed by atoms with van der Waals surface area (Å²) in [7, 11) is 3.16. The van der Waals surface area contributed by atoms with Crippen molar-refractivity contribution in [3.8, 4) is 17.4 Å². The number of hydrogen-bond donors (Lipinski definition) is 1. The van der Waals surface area contributed by atoms with Crippen LogP contribution in [0.1, 0.15) is 61.2 Å². The number of halogens is 1. The molecular formula is C34H38BrN5O6. The summed E-state index contributed by atoms with van der Waals surface area (Å²) in [5, 5.41) is 0. The number of amides is 1. The Morgan fingerprint density at radius 2 is 1.87 bits per heavy atom. The molecule has 4 aromatic rings. The maximum absolute atomic E-state index is 14.2. The number of ether oxygens (including phenoxy) is 4. The largest absolute Gasteiger partial charge is 0.497 e. The fourth-order valence-corrected chi connectivity index (χ4v) is 5.63. The molecule has 11 nitrogen and oxygen atoms in total. The number of aromatic amines is 1. The maximum atomic E-state index is 14.2. The number of hydrogen-bond acceptors (Lipinski definition) is 9. The van der Waals surface area contributed by atoms with Crippen LogP contribution in [0.25, 0.3) is 0 Å². The molecule has 1 amide bonds. The Balaban J connectivity index is 1.54. The van der Waals surface area contributed by atoms with E-state index in [0.717, 1.165) is 22.1 Å². The second-order valence-electron chi connectivity index (χ2n) is 11.7. The Labute approximate surface area is 277 Å². The zero-order chi connectivity index (χ0) is 33.0. The van der Waals surface area contributed by atoms with Crippen LogP contribution in [-0.2, 0) is 17.8 Å². The Morgan fingerprint density at radius 3 is 2.59 bits per heavy atom. The van der Waals surface area contributed by atoms with Gasteiger partial charge in [0.25, 0.3) is 0 Å². The van der Waals surface area contributed by atoms with Crippen molar-refractivity contribution in [3.05, 3.63) is 81.6 Å². The van der Waals surface area contributed by atoms with E-state index in [1.54, 1.807) is 59.4 Å². The number of anilines is 3.